The molecule has 0 fully saturated rings. The molecule has 2 aromatic heterocycles. The zero-order valence-electron chi connectivity index (χ0n) is 19.4. The number of aryl methyl sites for hydroxylation is 1. The molecule has 9 nitrogen and oxygen atoms in total. The molecule has 0 saturated carbocycles. The van der Waals surface area contributed by atoms with Crippen LogP contribution in [-0.2, 0) is 13.7 Å². The van der Waals surface area contributed by atoms with E-state index in [0.717, 1.165) is 11.3 Å². The fraction of sp³-hybridized carbons (Fsp3) is 0.304. The average molecular weight is 439 g/mol. The molecule has 0 bridgehead atoms. The van der Waals surface area contributed by atoms with Crippen molar-refractivity contribution in [2.45, 2.75) is 34.3 Å². The summed E-state index contributed by atoms with van der Waals surface area (Å²) in [5.41, 5.74) is 1.97. The minimum absolute atomic E-state index is 0.180. The minimum Gasteiger partial charge on any atom is -0.467 e. The number of hydrogen-bond acceptors (Lipinski definition) is 6. The molecule has 0 amide bonds. The molecule has 2 aromatic carbocycles. The second-order valence-corrected chi connectivity index (χ2v) is 5.95. The van der Waals surface area contributed by atoms with E-state index in [9.17, 15) is 4.79 Å². The van der Waals surface area contributed by atoms with Crippen molar-refractivity contribution < 1.29 is 9.47 Å². The first-order valence-corrected chi connectivity index (χ1v) is 10.6. The summed E-state index contributed by atoms with van der Waals surface area (Å²) in [6.45, 7) is 8.18. The fourth-order valence-electron chi connectivity index (χ4n) is 2.79. The maximum atomic E-state index is 12.5. The van der Waals surface area contributed by atoms with Gasteiger partial charge in [-0.1, -0.05) is 64.1 Å². The third-order valence-corrected chi connectivity index (χ3v) is 4.16. The monoisotopic (exact) mass is 438 g/mol. The summed E-state index contributed by atoms with van der Waals surface area (Å²) in [5, 5.41) is 8.40. The van der Waals surface area contributed by atoms with Gasteiger partial charge in [0.15, 0.2) is 0 Å². The van der Waals surface area contributed by atoms with Crippen LogP contribution in [0.15, 0.2) is 65.7 Å². The lowest BCUT2D eigenvalue weighted by molar-refractivity contribution is 0.280. The topological polar surface area (TPSA) is 89.0 Å². The van der Waals surface area contributed by atoms with E-state index in [-0.39, 0.29) is 24.3 Å². The standard InChI is InChI=1S/C19H18N6O3.2C2H6/c1-23-19(26)25(18(22-23)27-2)16-11-7-6-8-14(16)12-28-17-20-13-24(21-17)15-9-4-3-5-10-15;2*1-2/h3-11,13H,12H2,1-2H3;2*1-2H3. The highest BCUT2D eigenvalue weighted by Crippen LogP contribution is 2.19. The molecule has 170 valence electrons. The molecule has 2 heterocycles. The Balaban J connectivity index is 0.000000860. The zero-order chi connectivity index (χ0) is 23.5. The number of methoxy groups -OCH3 is 1. The summed E-state index contributed by atoms with van der Waals surface area (Å²) in [6, 6.07) is 17.4. The van der Waals surface area contributed by atoms with Crippen molar-refractivity contribution >= 4 is 0 Å². The van der Waals surface area contributed by atoms with E-state index in [0.29, 0.717) is 5.69 Å². The summed E-state index contributed by atoms with van der Waals surface area (Å²) in [6.07, 6.45) is 1.59. The molecule has 4 aromatic rings. The number of ether oxygens (including phenoxy) is 2. The molecular formula is C23H30N6O3. The van der Waals surface area contributed by atoms with E-state index in [1.54, 1.807) is 24.1 Å². The number of hydrogen-bond donors (Lipinski definition) is 0. The van der Waals surface area contributed by atoms with E-state index >= 15 is 0 Å². The van der Waals surface area contributed by atoms with Gasteiger partial charge in [-0.05, 0) is 18.2 Å². The Morgan fingerprint density at radius 3 is 2.25 bits per heavy atom. The Kier molecular flexibility index (Phi) is 9.22. The summed E-state index contributed by atoms with van der Waals surface area (Å²) >= 11 is 0. The Morgan fingerprint density at radius 1 is 0.906 bits per heavy atom. The average Bonchev–Trinajstić information content (AvgIpc) is 3.45. The van der Waals surface area contributed by atoms with Crippen molar-refractivity contribution in [3.05, 3.63) is 77.0 Å². The number of para-hydroxylation sites is 2. The lowest BCUT2D eigenvalue weighted by atomic mass is 10.2. The number of aromatic nitrogens is 6. The molecule has 0 radical (unpaired) electrons. The highest BCUT2D eigenvalue weighted by Gasteiger charge is 2.17. The Labute approximate surface area is 187 Å². The summed E-state index contributed by atoms with van der Waals surface area (Å²) < 4.78 is 15.2. The Morgan fingerprint density at radius 2 is 1.56 bits per heavy atom. The van der Waals surface area contributed by atoms with Crippen molar-refractivity contribution in [2.75, 3.05) is 7.11 Å². The van der Waals surface area contributed by atoms with Crippen LogP contribution in [0.3, 0.4) is 0 Å². The van der Waals surface area contributed by atoms with Crippen molar-refractivity contribution in [1.29, 1.82) is 0 Å². The summed E-state index contributed by atoms with van der Waals surface area (Å²) in [5.74, 6) is 0. The highest BCUT2D eigenvalue weighted by molar-refractivity contribution is 5.42. The molecule has 0 saturated heterocycles. The molecule has 0 aliphatic rings. The smallest absolute Gasteiger partial charge is 0.353 e. The predicted molar refractivity (Wildman–Crippen MR) is 124 cm³/mol. The summed E-state index contributed by atoms with van der Waals surface area (Å²) in [4.78, 5) is 16.6. The first kappa shape index (κ1) is 24.4. The normalized spacial score (nSPS) is 9.81. The van der Waals surface area contributed by atoms with Crippen molar-refractivity contribution in [2.24, 2.45) is 7.05 Å². The van der Waals surface area contributed by atoms with E-state index in [4.69, 9.17) is 9.47 Å². The van der Waals surface area contributed by atoms with Crippen LogP contribution in [0.25, 0.3) is 11.4 Å². The third kappa shape index (κ3) is 5.42. The van der Waals surface area contributed by atoms with E-state index in [2.05, 4.69) is 15.2 Å². The largest absolute Gasteiger partial charge is 0.467 e. The van der Waals surface area contributed by atoms with Crippen molar-refractivity contribution in [1.82, 2.24) is 29.1 Å². The lowest BCUT2D eigenvalue weighted by Gasteiger charge is -2.10. The van der Waals surface area contributed by atoms with E-state index in [1.807, 2.05) is 76.2 Å². The van der Waals surface area contributed by atoms with Gasteiger partial charge in [-0.2, -0.15) is 4.98 Å². The van der Waals surface area contributed by atoms with Gasteiger partial charge in [-0.15, -0.1) is 10.2 Å². The van der Waals surface area contributed by atoms with Crippen LogP contribution >= 0.6 is 0 Å². The third-order valence-electron chi connectivity index (χ3n) is 4.16. The SMILES string of the molecule is CC.CC.COc1nn(C)c(=O)n1-c1ccccc1COc1ncn(-c2ccccc2)n1. The zero-order valence-corrected chi connectivity index (χ0v) is 19.4. The molecule has 0 aliphatic heterocycles. The highest BCUT2D eigenvalue weighted by atomic mass is 16.5. The van der Waals surface area contributed by atoms with Crippen LogP contribution in [0.2, 0.25) is 0 Å². The van der Waals surface area contributed by atoms with Gasteiger partial charge in [0.25, 0.3) is 0 Å². The van der Waals surface area contributed by atoms with Crippen LogP contribution < -0.4 is 15.2 Å². The quantitative estimate of drug-likeness (QED) is 0.455. The molecule has 0 N–H and O–H groups in total. The predicted octanol–water partition coefficient (Wildman–Crippen LogP) is 3.79. The van der Waals surface area contributed by atoms with Gasteiger partial charge in [-0.25, -0.2) is 18.7 Å². The number of nitrogens with zero attached hydrogens (tertiary/aromatic N) is 6. The number of benzene rings is 2. The molecule has 0 unspecified atom stereocenters. The minimum atomic E-state index is -0.309. The van der Waals surface area contributed by atoms with Crippen LogP contribution in [0.1, 0.15) is 33.3 Å². The molecule has 9 heteroatoms. The van der Waals surface area contributed by atoms with Gasteiger partial charge in [0.2, 0.25) is 0 Å². The van der Waals surface area contributed by atoms with Crippen LogP contribution in [-0.4, -0.2) is 36.2 Å². The van der Waals surface area contributed by atoms with Gasteiger partial charge in [0, 0.05) is 12.6 Å². The van der Waals surface area contributed by atoms with Gasteiger partial charge in [-0.3, -0.25) is 0 Å². The molecule has 0 aliphatic carbocycles. The maximum absolute atomic E-state index is 12.5. The molecule has 0 atom stereocenters. The van der Waals surface area contributed by atoms with Crippen LogP contribution in [0.4, 0.5) is 0 Å². The Bertz CT molecular complexity index is 1150. The molecule has 0 spiro atoms. The van der Waals surface area contributed by atoms with Gasteiger partial charge < -0.3 is 9.47 Å². The Hall–Kier alpha value is -3.88. The summed E-state index contributed by atoms with van der Waals surface area (Å²) in [7, 11) is 3.04. The van der Waals surface area contributed by atoms with Gasteiger partial charge in [0.1, 0.15) is 12.9 Å². The van der Waals surface area contributed by atoms with Gasteiger partial charge in [0.05, 0.1) is 18.5 Å². The second-order valence-electron chi connectivity index (χ2n) is 5.95. The fourth-order valence-corrected chi connectivity index (χ4v) is 2.79. The van der Waals surface area contributed by atoms with Crippen molar-refractivity contribution in [3.63, 3.8) is 0 Å². The number of rotatable bonds is 6. The molecule has 4 rings (SSSR count). The molecular weight excluding hydrogens is 408 g/mol. The molecule has 32 heavy (non-hydrogen) atoms. The van der Waals surface area contributed by atoms with E-state index in [1.165, 1.54) is 16.4 Å². The second kappa shape index (κ2) is 12.1. The van der Waals surface area contributed by atoms with Crippen LogP contribution in [0, 0.1) is 0 Å². The lowest BCUT2D eigenvalue weighted by Crippen LogP contribution is -2.22. The van der Waals surface area contributed by atoms with Gasteiger partial charge >= 0.3 is 17.7 Å². The first-order valence-electron chi connectivity index (χ1n) is 10.6. The van der Waals surface area contributed by atoms with E-state index < -0.39 is 0 Å². The van der Waals surface area contributed by atoms with Crippen LogP contribution in [0.5, 0.6) is 12.0 Å². The van der Waals surface area contributed by atoms with Crippen molar-refractivity contribution in [3.8, 4) is 23.4 Å². The first-order chi connectivity index (χ1) is 15.7. The maximum Gasteiger partial charge on any atom is 0.353 e.